The molecule has 4 aromatic rings. The minimum Gasteiger partial charge on any atom is -0.461 e. The number of nitrogens with zero attached hydrogens (tertiary/aromatic N) is 5. The topological polar surface area (TPSA) is 113 Å². The van der Waals surface area contributed by atoms with Crippen LogP contribution in [0.5, 0.6) is 6.01 Å². The first-order valence-corrected chi connectivity index (χ1v) is 15.5. The molecule has 3 amide bonds. The third-order valence-corrected chi connectivity index (χ3v) is 10.2. The summed E-state index contributed by atoms with van der Waals surface area (Å²) in [6.07, 6.45) is 7.01. The summed E-state index contributed by atoms with van der Waals surface area (Å²) in [7, 11) is 0. The fourth-order valence-electron chi connectivity index (χ4n) is 7.72. The summed E-state index contributed by atoms with van der Waals surface area (Å²) in [4.78, 5) is 43.3. The fourth-order valence-corrected chi connectivity index (χ4v) is 8.00. The van der Waals surface area contributed by atoms with E-state index in [0.717, 1.165) is 44.2 Å². The Morgan fingerprint density at radius 3 is 2.55 bits per heavy atom. The number of aromatic nitrogens is 3. The molecule has 226 valence electrons. The normalized spacial score (nSPS) is 23.0. The van der Waals surface area contributed by atoms with Crippen molar-refractivity contribution >= 4 is 51.0 Å². The predicted octanol–water partition coefficient (Wildman–Crippen LogP) is 4.82. The Labute approximate surface area is 257 Å². The average molecular weight is 616 g/mol. The standard InChI is InChI=1S/C32H31ClFN7O3/c33-22-9-2-7-19-6-1-8-20(23(19)22)25-24(34)26-21(16-35-25)27(40-13-5-12-32(17-40)28(42)38-29(43)39-32)37-30(36-26)44-18-31-10-3-14-41(31)15-4-11-31/h1-2,6-9,16H,3-5,10-15,17-18H2,(H2,38,39,42,43). The number of piperidine rings is 1. The number of ether oxygens (including phenoxy) is 1. The second-order valence-electron chi connectivity index (χ2n) is 12.4. The summed E-state index contributed by atoms with van der Waals surface area (Å²) in [5.41, 5.74) is -0.385. The van der Waals surface area contributed by atoms with Crippen molar-refractivity contribution in [1.82, 2.24) is 30.5 Å². The van der Waals surface area contributed by atoms with Gasteiger partial charge in [0.05, 0.1) is 17.5 Å². The molecular formula is C32H31ClFN7O3. The molecule has 10 nitrogen and oxygen atoms in total. The van der Waals surface area contributed by atoms with E-state index in [1.807, 2.05) is 29.2 Å². The molecule has 0 bridgehead atoms. The van der Waals surface area contributed by atoms with Gasteiger partial charge in [-0.05, 0) is 63.1 Å². The van der Waals surface area contributed by atoms with Gasteiger partial charge in [-0.1, -0.05) is 41.9 Å². The Morgan fingerprint density at radius 2 is 1.77 bits per heavy atom. The van der Waals surface area contributed by atoms with Crippen LogP contribution < -0.4 is 20.3 Å². The van der Waals surface area contributed by atoms with Crippen molar-refractivity contribution in [1.29, 1.82) is 0 Å². The van der Waals surface area contributed by atoms with Crippen LogP contribution in [0.3, 0.4) is 0 Å². The third kappa shape index (κ3) is 4.28. The predicted molar refractivity (Wildman–Crippen MR) is 164 cm³/mol. The number of rotatable bonds is 5. The number of nitrogens with one attached hydrogen (secondary N) is 2. The lowest BCUT2D eigenvalue weighted by Gasteiger charge is -2.39. The molecule has 1 unspecified atom stereocenters. The number of fused-ring (bicyclic) bond motifs is 3. The van der Waals surface area contributed by atoms with E-state index in [-0.39, 0.29) is 35.2 Å². The van der Waals surface area contributed by atoms with Gasteiger partial charge in [-0.3, -0.25) is 20.0 Å². The van der Waals surface area contributed by atoms with Gasteiger partial charge in [0.2, 0.25) is 0 Å². The van der Waals surface area contributed by atoms with E-state index in [1.165, 1.54) is 0 Å². The highest BCUT2D eigenvalue weighted by molar-refractivity contribution is 6.36. The number of pyridine rings is 1. The highest BCUT2D eigenvalue weighted by Crippen LogP contribution is 2.41. The zero-order valence-electron chi connectivity index (χ0n) is 24.0. The molecule has 0 saturated carbocycles. The number of imide groups is 1. The maximum absolute atomic E-state index is 16.7. The van der Waals surface area contributed by atoms with Gasteiger partial charge in [0.15, 0.2) is 5.82 Å². The van der Waals surface area contributed by atoms with Gasteiger partial charge < -0.3 is 15.0 Å². The number of anilines is 1. The lowest BCUT2D eigenvalue weighted by atomic mass is 9.89. The van der Waals surface area contributed by atoms with Gasteiger partial charge in [0, 0.05) is 28.7 Å². The Morgan fingerprint density at radius 1 is 1.00 bits per heavy atom. The molecule has 1 atom stereocenters. The lowest BCUT2D eigenvalue weighted by molar-refractivity contribution is -0.124. The van der Waals surface area contributed by atoms with Crippen molar-refractivity contribution in [3.8, 4) is 17.3 Å². The fraction of sp³-hybridized carbons (Fsp3) is 0.406. The van der Waals surface area contributed by atoms with Crippen LogP contribution in [-0.4, -0.2) is 75.7 Å². The summed E-state index contributed by atoms with van der Waals surface area (Å²) < 4.78 is 23.0. The van der Waals surface area contributed by atoms with Gasteiger partial charge in [0.25, 0.3) is 5.91 Å². The van der Waals surface area contributed by atoms with Crippen molar-refractivity contribution in [3.05, 3.63) is 53.4 Å². The van der Waals surface area contributed by atoms with E-state index < -0.39 is 17.4 Å². The molecule has 4 fully saturated rings. The number of benzene rings is 2. The van der Waals surface area contributed by atoms with Crippen LogP contribution in [0.1, 0.15) is 38.5 Å². The van der Waals surface area contributed by atoms with Crippen molar-refractivity contribution in [2.75, 3.05) is 37.7 Å². The van der Waals surface area contributed by atoms with E-state index in [9.17, 15) is 9.59 Å². The van der Waals surface area contributed by atoms with Gasteiger partial charge in [-0.15, -0.1) is 0 Å². The third-order valence-electron chi connectivity index (χ3n) is 9.84. The maximum Gasteiger partial charge on any atom is 0.322 e. The van der Waals surface area contributed by atoms with Crippen LogP contribution in [0.25, 0.3) is 32.9 Å². The molecule has 2 N–H and O–H groups in total. The highest BCUT2D eigenvalue weighted by Gasteiger charge is 2.49. The van der Waals surface area contributed by atoms with Crippen LogP contribution in [0.4, 0.5) is 15.0 Å². The molecule has 12 heteroatoms. The zero-order chi connectivity index (χ0) is 30.1. The Bertz CT molecular complexity index is 1840. The second kappa shape index (κ2) is 10.2. The number of hydrogen-bond donors (Lipinski definition) is 2. The van der Waals surface area contributed by atoms with Crippen molar-refractivity contribution in [2.24, 2.45) is 0 Å². The summed E-state index contributed by atoms with van der Waals surface area (Å²) in [6, 6.07) is 10.7. The zero-order valence-corrected chi connectivity index (χ0v) is 24.8. The number of amides is 3. The lowest BCUT2D eigenvalue weighted by Crippen LogP contribution is -2.58. The van der Waals surface area contributed by atoms with Gasteiger partial charge in [-0.2, -0.15) is 9.97 Å². The van der Waals surface area contributed by atoms with E-state index >= 15 is 4.39 Å². The van der Waals surface area contributed by atoms with Crippen LogP contribution >= 0.6 is 11.6 Å². The highest BCUT2D eigenvalue weighted by atomic mass is 35.5. The maximum atomic E-state index is 16.7. The van der Waals surface area contributed by atoms with Gasteiger partial charge in [0.1, 0.15) is 29.2 Å². The monoisotopic (exact) mass is 615 g/mol. The molecular weight excluding hydrogens is 585 g/mol. The Kier molecular flexibility index (Phi) is 6.39. The molecule has 4 aliphatic rings. The summed E-state index contributed by atoms with van der Waals surface area (Å²) in [5, 5.41) is 7.64. The molecule has 44 heavy (non-hydrogen) atoms. The van der Waals surface area contributed by atoms with E-state index in [2.05, 4.69) is 25.5 Å². The van der Waals surface area contributed by atoms with Crippen molar-refractivity contribution in [2.45, 2.75) is 49.6 Å². The molecule has 8 rings (SSSR count). The number of urea groups is 1. The van der Waals surface area contributed by atoms with Crippen LogP contribution in [0, 0.1) is 5.82 Å². The minimum atomic E-state index is -1.09. The largest absolute Gasteiger partial charge is 0.461 e. The quantitative estimate of drug-likeness (QED) is 0.307. The molecule has 1 spiro atoms. The van der Waals surface area contributed by atoms with Crippen LogP contribution in [-0.2, 0) is 4.79 Å². The first-order chi connectivity index (χ1) is 21.4. The molecule has 4 saturated heterocycles. The molecule has 4 aliphatic heterocycles. The minimum absolute atomic E-state index is 0.0540. The first kappa shape index (κ1) is 27.5. The molecule has 0 radical (unpaired) electrons. The number of halogens is 2. The number of carbonyl (C=O) groups excluding carboxylic acids is 2. The summed E-state index contributed by atoms with van der Waals surface area (Å²) in [6.45, 7) is 3.24. The first-order valence-electron chi connectivity index (χ1n) is 15.2. The summed E-state index contributed by atoms with van der Waals surface area (Å²) >= 11 is 6.59. The van der Waals surface area contributed by atoms with Crippen LogP contribution in [0.2, 0.25) is 5.02 Å². The van der Waals surface area contributed by atoms with E-state index in [0.29, 0.717) is 53.2 Å². The number of carbonyl (C=O) groups is 2. The second-order valence-corrected chi connectivity index (χ2v) is 12.8. The number of hydrogen-bond acceptors (Lipinski definition) is 8. The van der Waals surface area contributed by atoms with Crippen molar-refractivity contribution < 1.29 is 18.7 Å². The van der Waals surface area contributed by atoms with Gasteiger partial charge in [-0.25, -0.2) is 9.18 Å². The SMILES string of the molecule is O=C1NC(=O)C2(CCCN(c3nc(OCC45CCCN4CCC5)nc4c(F)c(-c5cccc6cccc(Cl)c56)ncc34)C2)N1. The van der Waals surface area contributed by atoms with E-state index in [1.54, 1.807) is 18.3 Å². The average Bonchev–Trinajstić information content (AvgIpc) is 3.68. The van der Waals surface area contributed by atoms with Crippen molar-refractivity contribution in [3.63, 3.8) is 0 Å². The Hall–Kier alpha value is -4.09. The summed E-state index contributed by atoms with van der Waals surface area (Å²) in [5.74, 6) is -0.564. The van der Waals surface area contributed by atoms with E-state index in [4.69, 9.17) is 21.3 Å². The molecule has 2 aromatic carbocycles. The van der Waals surface area contributed by atoms with Crippen LogP contribution in [0.15, 0.2) is 42.6 Å². The van der Waals surface area contributed by atoms with Gasteiger partial charge >= 0.3 is 12.0 Å². The molecule has 6 heterocycles. The Balaban J connectivity index is 1.25. The molecule has 2 aromatic heterocycles. The molecule has 0 aliphatic carbocycles. The smallest absolute Gasteiger partial charge is 0.322 e.